The van der Waals surface area contributed by atoms with Gasteiger partial charge in [0, 0.05) is 0 Å². The molecule has 0 spiro atoms. The van der Waals surface area contributed by atoms with Crippen LogP contribution < -0.4 is 29.0 Å². The molecule has 0 bridgehead atoms. The minimum absolute atomic E-state index is 0.0398. The summed E-state index contributed by atoms with van der Waals surface area (Å²) in [6.07, 6.45) is 10.6. The number of carbonyl (C=O) groups excluding carboxylic acids is 4. The maximum atomic E-state index is 17.2. The Bertz CT molecular complexity index is 4710. The van der Waals surface area contributed by atoms with E-state index in [0.717, 1.165) is 46.5 Å². The zero-order valence-corrected chi connectivity index (χ0v) is 55.6. The second-order valence-corrected chi connectivity index (χ2v) is 26.7. The molecule has 0 saturated heterocycles. The molecule has 0 fully saturated rings. The number of amides is 4. The van der Waals surface area contributed by atoms with Gasteiger partial charge >= 0.3 is 540 Å². The van der Waals surface area contributed by atoms with Crippen LogP contribution in [0.1, 0.15) is 132 Å². The molecule has 10 aromatic carbocycles. The average molecular weight is 1370 g/mol. The molecular formula is C82H62F8N4O4Ti. The van der Waals surface area contributed by atoms with Crippen LogP contribution in [0, 0.1) is 74.2 Å². The van der Waals surface area contributed by atoms with Crippen LogP contribution in [0.2, 0.25) is 0 Å². The summed E-state index contributed by atoms with van der Waals surface area (Å²) in [4.78, 5) is 60.5. The Balaban J connectivity index is 1.04. The van der Waals surface area contributed by atoms with Gasteiger partial charge in [0.25, 0.3) is 0 Å². The molecule has 12 rings (SSSR count). The molecule has 10 aromatic rings. The summed E-state index contributed by atoms with van der Waals surface area (Å²) in [5, 5.41) is 10.8. The molecule has 494 valence electrons. The van der Waals surface area contributed by atoms with Crippen LogP contribution in [0.25, 0.3) is 11.1 Å². The summed E-state index contributed by atoms with van der Waals surface area (Å²) < 4.78 is 134. The number of halogens is 8. The molecule has 0 radical (unpaired) electrons. The van der Waals surface area contributed by atoms with Gasteiger partial charge < -0.3 is 0 Å². The monoisotopic (exact) mass is 1370 g/mol. The van der Waals surface area contributed by atoms with E-state index in [4.69, 9.17) is 0 Å². The zero-order valence-electron chi connectivity index (χ0n) is 54.0. The summed E-state index contributed by atoms with van der Waals surface area (Å²) >= 11 is -2.38. The molecule has 99 heavy (non-hydrogen) atoms. The van der Waals surface area contributed by atoms with Gasteiger partial charge in [-0.1, -0.05) is 11.1 Å². The number of nitrogens with one attached hydrogen (secondary N) is 4. The van der Waals surface area contributed by atoms with E-state index in [1.807, 2.05) is 76.2 Å². The van der Waals surface area contributed by atoms with Gasteiger partial charge in [0.2, 0.25) is 0 Å². The Labute approximate surface area is 575 Å². The van der Waals surface area contributed by atoms with E-state index in [-0.39, 0.29) is 102 Å². The SMILES string of the molecule is Cc1ccc(Cc2ccc(F)c(C(=O)Nc3[c]([Ti][c]4ccc(C5=CC=CC5)c(NC(=O)c5c(F)ccc(Cc6ccc(C)cc6)c5F)c4NC(=O)c4c(F)ccc(Cc5ccc(C)cc5)c4F)ccc(C4=CC=CC4)c3NC(=O)c3c(F)ccc(Cc4ccc(C)cc4)c3F)c2F)cc1. The van der Waals surface area contributed by atoms with Gasteiger partial charge in [-0.2, -0.15) is 0 Å². The summed E-state index contributed by atoms with van der Waals surface area (Å²) in [6.45, 7) is 7.48. The Hall–Kier alpha value is -10.8. The number of hydrogen-bond acceptors (Lipinski definition) is 4. The van der Waals surface area contributed by atoms with E-state index in [9.17, 15) is 0 Å². The van der Waals surface area contributed by atoms with Gasteiger partial charge in [-0.15, -0.1) is 0 Å². The molecule has 0 atom stereocenters. The van der Waals surface area contributed by atoms with Gasteiger partial charge in [-0.25, -0.2) is 0 Å². The minimum atomic E-state index is -2.38. The number of benzene rings is 10. The average Bonchev–Trinajstić information content (AvgIpc) is 1.50. The van der Waals surface area contributed by atoms with Gasteiger partial charge in [0.05, 0.1) is 0 Å². The molecular weight excluding hydrogens is 1300 g/mol. The third kappa shape index (κ3) is 15.0. The normalized spacial score (nSPS) is 12.3. The number of carbonyl (C=O) groups is 4. The van der Waals surface area contributed by atoms with Crippen molar-refractivity contribution in [2.24, 2.45) is 0 Å². The maximum absolute atomic E-state index is 17.2. The summed E-state index contributed by atoms with van der Waals surface area (Å²) in [7, 11) is 0. The first-order valence-electron chi connectivity index (χ1n) is 31.8. The fourth-order valence-corrected chi connectivity index (χ4v) is 14.0. The van der Waals surface area contributed by atoms with Crippen LogP contribution >= 0.6 is 0 Å². The van der Waals surface area contributed by atoms with E-state index in [1.54, 1.807) is 97.1 Å². The van der Waals surface area contributed by atoms with E-state index in [0.29, 0.717) is 33.4 Å². The Kier molecular flexibility index (Phi) is 20.3. The summed E-state index contributed by atoms with van der Waals surface area (Å²) in [5.74, 6) is -15.3. The molecule has 17 heteroatoms. The first-order valence-corrected chi connectivity index (χ1v) is 33.4. The fraction of sp³-hybridized carbons (Fsp3) is 0.122. The molecule has 8 nitrogen and oxygen atoms in total. The standard InChI is InChI=1S/2C41H31F4N2O2.Ti/c2*1-24-10-14-26(15-11-24)22-29-18-20-32(42)35(37(29)44)40(48)46-34-9-5-8-31(28-6-3-4-7-28)39(34)47-41(49)36-33(43)21-19-30(38(36)45)23-27-16-12-25(2)13-17-27;/h2*3-6,8,10-21H,7,22-23H2,1-2H3,(H,46,48)(H,47,49);. The van der Waals surface area contributed by atoms with Crippen molar-refractivity contribution >= 4 is 65.3 Å². The quantitative estimate of drug-likeness (QED) is 0.0449. The predicted molar refractivity (Wildman–Crippen MR) is 369 cm³/mol. The number of rotatable bonds is 20. The van der Waals surface area contributed by atoms with Crippen molar-refractivity contribution in [1.29, 1.82) is 0 Å². The molecule has 4 amide bonds. The number of anilines is 4. The van der Waals surface area contributed by atoms with Crippen LogP contribution in [-0.4, -0.2) is 23.6 Å². The van der Waals surface area contributed by atoms with Crippen molar-refractivity contribution < 1.29 is 73.5 Å². The van der Waals surface area contributed by atoms with E-state index in [2.05, 4.69) is 21.3 Å². The van der Waals surface area contributed by atoms with Crippen molar-refractivity contribution in [2.75, 3.05) is 21.3 Å². The molecule has 0 aliphatic heterocycles. The molecule has 0 unspecified atom stereocenters. The van der Waals surface area contributed by atoms with Crippen LogP contribution in [0.5, 0.6) is 0 Å². The Morgan fingerprint density at radius 1 is 0.323 bits per heavy atom. The topological polar surface area (TPSA) is 116 Å². The van der Waals surface area contributed by atoms with Crippen molar-refractivity contribution in [1.82, 2.24) is 0 Å². The van der Waals surface area contributed by atoms with Crippen LogP contribution in [0.15, 0.2) is 206 Å². The predicted octanol–water partition coefficient (Wildman–Crippen LogP) is 18.1. The molecule has 0 heterocycles. The van der Waals surface area contributed by atoms with Crippen LogP contribution in [0.4, 0.5) is 57.9 Å². The third-order valence-electron chi connectivity index (χ3n) is 17.5. The number of allylic oxidation sites excluding steroid dienone is 8. The fourth-order valence-electron chi connectivity index (χ4n) is 12.1. The molecule has 0 aromatic heterocycles. The van der Waals surface area contributed by atoms with Crippen molar-refractivity contribution in [3.8, 4) is 0 Å². The van der Waals surface area contributed by atoms with Crippen molar-refractivity contribution in [3.05, 3.63) is 353 Å². The molecule has 2 aliphatic carbocycles. The van der Waals surface area contributed by atoms with Gasteiger partial charge in [-0.05, 0) is 27.7 Å². The van der Waals surface area contributed by atoms with Gasteiger partial charge in [0.1, 0.15) is 0 Å². The summed E-state index contributed by atoms with van der Waals surface area (Å²) in [6, 6.07) is 43.4. The van der Waals surface area contributed by atoms with Crippen LogP contribution in [0.3, 0.4) is 0 Å². The second-order valence-electron chi connectivity index (χ2n) is 24.6. The van der Waals surface area contributed by atoms with Gasteiger partial charge in [0.15, 0.2) is 0 Å². The molecule has 0 saturated carbocycles. The summed E-state index contributed by atoms with van der Waals surface area (Å²) in [5.41, 5.74) is 2.16. The number of hydrogen-bond donors (Lipinski definition) is 4. The zero-order chi connectivity index (χ0) is 69.8. The first kappa shape index (κ1) is 68.1. The molecule has 4 N–H and O–H groups in total. The Morgan fingerprint density at radius 2 is 0.576 bits per heavy atom. The Morgan fingerprint density at radius 3 is 0.818 bits per heavy atom. The van der Waals surface area contributed by atoms with Crippen molar-refractivity contribution in [2.45, 2.75) is 66.2 Å². The van der Waals surface area contributed by atoms with Crippen LogP contribution in [-0.2, 0) is 44.8 Å². The second kappa shape index (κ2) is 29.5. The first-order chi connectivity index (χ1) is 47.7. The third-order valence-corrected chi connectivity index (χ3v) is 19.7. The van der Waals surface area contributed by atoms with E-state index >= 15 is 54.3 Å². The van der Waals surface area contributed by atoms with Gasteiger partial charge in [-0.3, -0.25) is 0 Å². The van der Waals surface area contributed by atoms with E-state index < -0.39 is 112 Å². The van der Waals surface area contributed by atoms with E-state index in [1.165, 1.54) is 36.4 Å². The molecule has 2 aliphatic rings. The number of aryl methyl sites for hydroxylation is 4. The van der Waals surface area contributed by atoms with Crippen molar-refractivity contribution in [3.63, 3.8) is 0 Å².